The standard InChI is InChI=1S/C12H16Cl2N2/c1-8-6-9(7-16(8)2)15-11-5-3-4-10(13)12(11)14/h3-5,8-9,15H,6-7H2,1-2H3. The number of hydrogen-bond donors (Lipinski definition) is 1. The predicted octanol–water partition coefficient (Wildman–Crippen LogP) is 3.50. The zero-order valence-corrected chi connectivity index (χ0v) is 11.0. The summed E-state index contributed by atoms with van der Waals surface area (Å²) in [5.74, 6) is 0. The lowest BCUT2D eigenvalue weighted by molar-refractivity contribution is 0.330. The van der Waals surface area contributed by atoms with Gasteiger partial charge in [0.15, 0.2) is 0 Å². The fourth-order valence-corrected chi connectivity index (χ4v) is 2.49. The van der Waals surface area contributed by atoms with Crippen molar-refractivity contribution in [3.05, 3.63) is 28.2 Å². The van der Waals surface area contributed by atoms with Crippen molar-refractivity contribution in [3.8, 4) is 0 Å². The minimum absolute atomic E-state index is 0.455. The van der Waals surface area contributed by atoms with E-state index in [0.717, 1.165) is 18.7 Å². The molecule has 1 heterocycles. The van der Waals surface area contributed by atoms with Gasteiger partial charge < -0.3 is 10.2 Å². The molecule has 1 fully saturated rings. The predicted molar refractivity (Wildman–Crippen MR) is 70.6 cm³/mol. The van der Waals surface area contributed by atoms with Gasteiger partial charge in [0, 0.05) is 18.6 Å². The van der Waals surface area contributed by atoms with Crippen LogP contribution in [0.1, 0.15) is 13.3 Å². The van der Waals surface area contributed by atoms with E-state index in [9.17, 15) is 0 Å². The SMILES string of the molecule is CC1CC(Nc2cccc(Cl)c2Cl)CN1C. The van der Waals surface area contributed by atoms with Gasteiger partial charge in [-0.1, -0.05) is 29.3 Å². The third-order valence-electron chi connectivity index (χ3n) is 3.20. The second kappa shape index (κ2) is 4.82. The highest BCUT2D eigenvalue weighted by atomic mass is 35.5. The lowest BCUT2D eigenvalue weighted by Gasteiger charge is -2.15. The highest BCUT2D eigenvalue weighted by Gasteiger charge is 2.26. The number of halogens is 2. The topological polar surface area (TPSA) is 15.3 Å². The van der Waals surface area contributed by atoms with Crippen molar-refractivity contribution in [2.24, 2.45) is 0 Å². The van der Waals surface area contributed by atoms with Crippen molar-refractivity contribution in [1.82, 2.24) is 4.90 Å². The molecule has 0 radical (unpaired) electrons. The minimum Gasteiger partial charge on any atom is -0.380 e. The van der Waals surface area contributed by atoms with Gasteiger partial charge in [0.05, 0.1) is 15.7 Å². The van der Waals surface area contributed by atoms with E-state index in [4.69, 9.17) is 23.2 Å². The Labute approximate surface area is 107 Å². The van der Waals surface area contributed by atoms with Gasteiger partial charge in [-0.15, -0.1) is 0 Å². The van der Waals surface area contributed by atoms with E-state index in [2.05, 4.69) is 24.2 Å². The highest BCUT2D eigenvalue weighted by molar-refractivity contribution is 6.43. The van der Waals surface area contributed by atoms with Crippen LogP contribution in [-0.2, 0) is 0 Å². The summed E-state index contributed by atoms with van der Waals surface area (Å²) < 4.78 is 0. The molecular weight excluding hydrogens is 243 g/mol. The van der Waals surface area contributed by atoms with Gasteiger partial charge in [0.2, 0.25) is 0 Å². The molecule has 4 heteroatoms. The Balaban J connectivity index is 2.08. The van der Waals surface area contributed by atoms with Crippen LogP contribution in [0.4, 0.5) is 5.69 Å². The van der Waals surface area contributed by atoms with Gasteiger partial charge in [0.1, 0.15) is 0 Å². The fraction of sp³-hybridized carbons (Fsp3) is 0.500. The Bertz CT molecular complexity index is 371. The summed E-state index contributed by atoms with van der Waals surface area (Å²) in [6.07, 6.45) is 1.14. The molecule has 1 aromatic rings. The molecule has 0 aromatic heterocycles. The van der Waals surface area contributed by atoms with Gasteiger partial charge in [-0.05, 0) is 32.5 Å². The number of likely N-dealkylation sites (N-methyl/N-ethyl adjacent to an activating group) is 1. The van der Waals surface area contributed by atoms with Crippen LogP contribution in [0.3, 0.4) is 0 Å². The van der Waals surface area contributed by atoms with Gasteiger partial charge in [-0.2, -0.15) is 0 Å². The Morgan fingerprint density at radius 3 is 2.75 bits per heavy atom. The summed E-state index contributed by atoms with van der Waals surface area (Å²) in [6, 6.07) is 6.76. The second-order valence-corrected chi connectivity index (χ2v) is 5.25. The molecule has 1 aliphatic rings. The Kier molecular flexibility index (Phi) is 3.63. The van der Waals surface area contributed by atoms with Crippen LogP contribution < -0.4 is 5.32 Å². The van der Waals surface area contributed by atoms with Crippen LogP contribution in [0.2, 0.25) is 10.0 Å². The third kappa shape index (κ3) is 2.45. The molecule has 88 valence electrons. The monoisotopic (exact) mass is 258 g/mol. The first-order chi connectivity index (χ1) is 7.58. The third-order valence-corrected chi connectivity index (χ3v) is 4.02. The van der Waals surface area contributed by atoms with E-state index in [-0.39, 0.29) is 0 Å². The van der Waals surface area contributed by atoms with E-state index in [1.165, 1.54) is 0 Å². The highest BCUT2D eigenvalue weighted by Crippen LogP contribution is 2.31. The van der Waals surface area contributed by atoms with E-state index in [1.54, 1.807) is 6.07 Å². The molecule has 1 N–H and O–H groups in total. The summed E-state index contributed by atoms with van der Waals surface area (Å²) in [5, 5.41) is 4.67. The quantitative estimate of drug-likeness (QED) is 0.874. The number of anilines is 1. The van der Waals surface area contributed by atoms with Crippen LogP contribution in [0, 0.1) is 0 Å². The molecule has 0 spiro atoms. The maximum Gasteiger partial charge on any atom is 0.0823 e. The molecule has 2 rings (SSSR count). The molecule has 2 unspecified atom stereocenters. The summed E-state index contributed by atoms with van der Waals surface area (Å²) in [4.78, 5) is 2.34. The van der Waals surface area contributed by atoms with Gasteiger partial charge in [-0.3, -0.25) is 0 Å². The molecule has 0 saturated carbocycles. The largest absolute Gasteiger partial charge is 0.380 e. The van der Waals surface area contributed by atoms with Crippen LogP contribution in [-0.4, -0.2) is 30.6 Å². The maximum absolute atomic E-state index is 6.14. The molecule has 0 aliphatic carbocycles. The molecule has 1 saturated heterocycles. The van der Waals surface area contributed by atoms with Crippen molar-refractivity contribution in [2.45, 2.75) is 25.4 Å². The number of nitrogens with zero attached hydrogens (tertiary/aromatic N) is 1. The van der Waals surface area contributed by atoms with Crippen molar-refractivity contribution in [2.75, 3.05) is 18.9 Å². The lowest BCUT2D eigenvalue weighted by atomic mass is 10.2. The zero-order chi connectivity index (χ0) is 11.7. The van der Waals surface area contributed by atoms with Crippen molar-refractivity contribution in [3.63, 3.8) is 0 Å². The fourth-order valence-electron chi connectivity index (χ4n) is 2.13. The first kappa shape index (κ1) is 12.0. The first-order valence-corrected chi connectivity index (χ1v) is 6.24. The molecule has 2 atom stereocenters. The summed E-state index contributed by atoms with van der Waals surface area (Å²) >= 11 is 12.1. The van der Waals surface area contributed by atoms with Crippen LogP contribution in [0.15, 0.2) is 18.2 Å². The normalized spacial score (nSPS) is 26.0. The number of nitrogens with one attached hydrogen (secondary N) is 1. The Morgan fingerprint density at radius 1 is 1.38 bits per heavy atom. The molecule has 1 aliphatic heterocycles. The number of rotatable bonds is 2. The second-order valence-electron chi connectivity index (χ2n) is 4.47. The van der Waals surface area contributed by atoms with Crippen molar-refractivity contribution in [1.29, 1.82) is 0 Å². The maximum atomic E-state index is 6.14. The van der Waals surface area contributed by atoms with E-state index in [1.807, 2.05) is 12.1 Å². The van der Waals surface area contributed by atoms with Crippen LogP contribution in [0.5, 0.6) is 0 Å². The summed E-state index contributed by atoms with van der Waals surface area (Å²) in [7, 11) is 2.14. The number of likely N-dealkylation sites (tertiary alicyclic amines) is 1. The zero-order valence-electron chi connectivity index (χ0n) is 9.50. The molecule has 1 aromatic carbocycles. The lowest BCUT2D eigenvalue weighted by Crippen LogP contribution is -2.24. The van der Waals surface area contributed by atoms with Crippen LogP contribution in [0.25, 0.3) is 0 Å². The number of hydrogen-bond acceptors (Lipinski definition) is 2. The average molecular weight is 259 g/mol. The minimum atomic E-state index is 0.455. The van der Waals surface area contributed by atoms with Gasteiger partial charge in [-0.25, -0.2) is 0 Å². The molecule has 0 bridgehead atoms. The Hall–Kier alpha value is -0.440. The smallest absolute Gasteiger partial charge is 0.0823 e. The Morgan fingerprint density at radius 2 is 2.12 bits per heavy atom. The van der Waals surface area contributed by atoms with Crippen molar-refractivity contribution >= 4 is 28.9 Å². The molecule has 16 heavy (non-hydrogen) atoms. The number of benzene rings is 1. The molecule has 0 amide bonds. The van der Waals surface area contributed by atoms with Gasteiger partial charge in [0.25, 0.3) is 0 Å². The molecule has 2 nitrogen and oxygen atoms in total. The summed E-state index contributed by atoms with van der Waals surface area (Å²) in [6.45, 7) is 3.28. The van der Waals surface area contributed by atoms with Crippen molar-refractivity contribution < 1.29 is 0 Å². The molecular formula is C12H16Cl2N2. The summed E-state index contributed by atoms with van der Waals surface area (Å²) in [5.41, 5.74) is 0.932. The first-order valence-electron chi connectivity index (χ1n) is 5.48. The van der Waals surface area contributed by atoms with E-state index >= 15 is 0 Å². The van der Waals surface area contributed by atoms with E-state index < -0.39 is 0 Å². The average Bonchev–Trinajstić information content (AvgIpc) is 2.54. The van der Waals surface area contributed by atoms with Crippen LogP contribution >= 0.6 is 23.2 Å². The van der Waals surface area contributed by atoms with E-state index in [0.29, 0.717) is 22.1 Å². The van der Waals surface area contributed by atoms with Gasteiger partial charge >= 0.3 is 0 Å².